The lowest BCUT2D eigenvalue weighted by molar-refractivity contribution is 0.447. The number of fused-ring (bicyclic) bond motifs is 1. The van der Waals surface area contributed by atoms with Crippen LogP contribution in [0.2, 0.25) is 0 Å². The summed E-state index contributed by atoms with van der Waals surface area (Å²) in [5, 5.41) is 4.32. The van der Waals surface area contributed by atoms with Crippen LogP contribution in [0.4, 0.5) is 4.39 Å². The standard InChI is InChI=1S/C16H22FNOS/c1-3-8-18-14(11-20-9-4-2)15-10-12-6-5-7-13(17)16(12)19-15/h5-7,10,14,18H,3-4,8-9,11H2,1-2H3. The van der Waals surface area contributed by atoms with Crippen molar-refractivity contribution in [2.75, 3.05) is 18.1 Å². The van der Waals surface area contributed by atoms with E-state index >= 15 is 0 Å². The maximum absolute atomic E-state index is 13.7. The molecule has 0 fully saturated rings. The van der Waals surface area contributed by atoms with Crippen molar-refractivity contribution in [3.63, 3.8) is 0 Å². The Bertz CT molecular complexity index is 540. The van der Waals surface area contributed by atoms with Gasteiger partial charge in [0.2, 0.25) is 0 Å². The second-order valence-corrected chi connectivity index (χ2v) is 6.04. The Labute approximate surface area is 124 Å². The second kappa shape index (κ2) is 7.70. The third-order valence-electron chi connectivity index (χ3n) is 3.13. The van der Waals surface area contributed by atoms with Crippen LogP contribution in [0, 0.1) is 5.82 Å². The summed E-state index contributed by atoms with van der Waals surface area (Å²) in [6.45, 7) is 5.26. The Morgan fingerprint density at radius 3 is 2.85 bits per heavy atom. The topological polar surface area (TPSA) is 25.2 Å². The molecule has 4 heteroatoms. The summed E-state index contributed by atoms with van der Waals surface area (Å²) in [6.07, 6.45) is 2.24. The molecule has 0 spiro atoms. The molecule has 1 aromatic carbocycles. The van der Waals surface area contributed by atoms with Crippen LogP contribution in [-0.4, -0.2) is 18.1 Å². The Balaban J connectivity index is 2.18. The smallest absolute Gasteiger partial charge is 0.169 e. The number of thioether (sulfide) groups is 1. The van der Waals surface area contributed by atoms with Crippen molar-refractivity contribution < 1.29 is 8.81 Å². The molecule has 0 bridgehead atoms. The lowest BCUT2D eigenvalue weighted by Gasteiger charge is -2.15. The van der Waals surface area contributed by atoms with Crippen LogP contribution in [0.25, 0.3) is 11.0 Å². The van der Waals surface area contributed by atoms with Crippen LogP contribution >= 0.6 is 11.8 Å². The van der Waals surface area contributed by atoms with Crippen LogP contribution in [0.3, 0.4) is 0 Å². The number of furan rings is 1. The maximum atomic E-state index is 13.7. The highest BCUT2D eigenvalue weighted by Gasteiger charge is 2.17. The monoisotopic (exact) mass is 295 g/mol. The fraction of sp³-hybridized carbons (Fsp3) is 0.500. The number of para-hydroxylation sites is 1. The van der Waals surface area contributed by atoms with Crippen molar-refractivity contribution in [1.82, 2.24) is 5.32 Å². The van der Waals surface area contributed by atoms with E-state index in [2.05, 4.69) is 19.2 Å². The summed E-state index contributed by atoms with van der Waals surface area (Å²) in [6, 6.07) is 7.16. The van der Waals surface area contributed by atoms with Gasteiger partial charge in [0.05, 0.1) is 6.04 Å². The summed E-state index contributed by atoms with van der Waals surface area (Å²) < 4.78 is 19.4. The Morgan fingerprint density at radius 1 is 1.30 bits per heavy atom. The summed E-state index contributed by atoms with van der Waals surface area (Å²) in [7, 11) is 0. The first-order valence-corrected chi connectivity index (χ1v) is 8.40. The third-order valence-corrected chi connectivity index (χ3v) is 4.40. The van der Waals surface area contributed by atoms with Crippen LogP contribution in [-0.2, 0) is 0 Å². The Kier molecular flexibility index (Phi) is 5.92. The minimum atomic E-state index is -0.288. The molecule has 0 saturated carbocycles. The first kappa shape index (κ1) is 15.4. The first-order valence-electron chi connectivity index (χ1n) is 7.25. The van der Waals surface area contributed by atoms with E-state index in [0.717, 1.165) is 35.6 Å². The molecule has 1 unspecified atom stereocenters. The number of benzene rings is 1. The van der Waals surface area contributed by atoms with Gasteiger partial charge >= 0.3 is 0 Å². The quantitative estimate of drug-likeness (QED) is 0.711. The Morgan fingerprint density at radius 2 is 2.15 bits per heavy atom. The zero-order valence-corrected chi connectivity index (χ0v) is 12.9. The average Bonchev–Trinajstić information content (AvgIpc) is 2.88. The van der Waals surface area contributed by atoms with Crippen molar-refractivity contribution in [2.24, 2.45) is 0 Å². The van der Waals surface area contributed by atoms with E-state index in [0.29, 0.717) is 5.58 Å². The SMILES string of the molecule is CCCNC(CSCCC)c1cc2cccc(F)c2o1. The van der Waals surface area contributed by atoms with Gasteiger partial charge in [-0.1, -0.05) is 26.0 Å². The lowest BCUT2D eigenvalue weighted by Crippen LogP contribution is -2.23. The van der Waals surface area contributed by atoms with Gasteiger partial charge in [0.15, 0.2) is 11.4 Å². The zero-order chi connectivity index (χ0) is 14.4. The molecule has 20 heavy (non-hydrogen) atoms. The van der Waals surface area contributed by atoms with Crippen molar-refractivity contribution in [1.29, 1.82) is 0 Å². The molecule has 2 rings (SSSR count). The summed E-state index contributed by atoms with van der Waals surface area (Å²) in [4.78, 5) is 0. The van der Waals surface area contributed by atoms with E-state index in [4.69, 9.17) is 4.42 Å². The van der Waals surface area contributed by atoms with Gasteiger partial charge in [-0.05, 0) is 37.3 Å². The van der Waals surface area contributed by atoms with E-state index in [1.54, 1.807) is 6.07 Å². The summed E-state index contributed by atoms with van der Waals surface area (Å²) >= 11 is 1.90. The minimum Gasteiger partial charge on any atom is -0.456 e. The van der Waals surface area contributed by atoms with Crippen molar-refractivity contribution >= 4 is 22.7 Å². The molecule has 2 nitrogen and oxygen atoms in total. The predicted molar refractivity (Wildman–Crippen MR) is 84.8 cm³/mol. The van der Waals surface area contributed by atoms with Crippen LogP contribution in [0.1, 0.15) is 38.5 Å². The van der Waals surface area contributed by atoms with Gasteiger partial charge in [-0.15, -0.1) is 0 Å². The molecule has 2 aromatic rings. The molecule has 110 valence electrons. The maximum Gasteiger partial charge on any atom is 0.169 e. The van der Waals surface area contributed by atoms with E-state index in [1.165, 1.54) is 12.5 Å². The van der Waals surface area contributed by atoms with Crippen LogP contribution in [0.15, 0.2) is 28.7 Å². The van der Waals surface area contributed by atoms with Crippen LogP contribution < -0.4 is 5.32 Å². The van der Waals surface area contributed by atoms with Crippen LogP contribution in [0.5, 0.6) is 0 Å². The second-order valence-electron chi connectivity index (χ2n) is 4.89. The van der Waals surface area contributed by atoms with Gasteiger partial charge in [-0.25, -0.2) is 4.39 Å². The van der Waals surface area contributed by atoms with E-state index in [-0.39, 0.29) is 11.9 Å². The predicted octanol–water partition coefficient (Wildman–Crippen LogP) is 4.76. The Hall–Kier alpha value is -1.00. The number of hydrogen-bond acceptors (Lipinski definition) is 3. The molecule has 1 aromatic heterocycles. The summed E-state index contributed by atoms with van der Waals surface area (Å²) in [5.74, 6) is 2.64. The minimum absolute atomic E-state index is 0.151. The number of rotatable bonds is 8. The zero-order valence-electron chi connectivity index (χ0n) is 12.1. The summed E-state index contributed by atoms with van der Waals surface area (Å²) in [5.41, 5.74) is 0.367. The van der Waals surface area contributed by atoms with Gasteiger partial charge in [0.1, 0.15) is 5.76 Å². The van der Waals surface area contributed by atoms with E-state index < -0.39 is 0 Å². The van der Waals surface area contributed by atoms with Crippen molar-refractivity contribution in [3.05, 3.63) is 35.8 Å². The molecule has 0 amide bonds. The highest BCUT2D eigenvalue weighted by molar-refractivity contribution is 7.99. The molecule has 1 atom stereocenters. The highest BCUT2D eigenvalue weighted by Crippen LogP contribution is 2.28. The fourth-order valence-corrected chi connectivity index (χ4v) is 3.10. The molecular weight excluding hydrogens is 273 g/mol. The highest BCUT2D eigenvalue weighted by atomic mass is 32.2. The average molecular weight is 295 g/mol. The molecule has 0 aliphatic heterocycles. The first-order chi connectivity index (χ1) is 9.76. The molecule has 0 saturated heterocycles. The van der Waals surface area contributed by atoms with Gasteiger partial charge in [0, 0.05) is 11.1 Å². The third kappa shape index (κ3) is 3.76. The van der Waals surface area contributed by atoms with Crippen molar-refractivity contribution in [2.45, 2.75) is 32.7 Å². The van der Waals surface area contributed by atoms with Gasteiger partial charge in [0.25, 0.3) is 0 Å². The molecular formula is C16H22FNOS. The molecule has 1 heterocycles. The molecule has 0 aliphatic rings. The fourth-order valence-electron chi connectivity index (χ4n) is 2.12. The number of halogens is 1. The molecule has 1 N–H and O–H groups in total. The lowest BCUT2D eigenvalue weighted by atomic mass is 10.2. The molecule has 0 aliphatic carbocycles. The van der Waals surface area contributed by atoms with Gasteiger partial charge in [-0.3, -0.25) is 0 Å². The molecule has 0 radical (unpaired) electrons. The van der Waals surface area contributed by atoms with Crippen molar-refractivity contribution in [3.8, 4) is 0 Å². The van der Waals surface area contributed by atoms with E-state index in [9.17, 15) is 4.39 Å². The number of hydrogen-bond donors (Lipinski definition) is 1. The number of nitrogens with one attached hydrogen (secondary N) is 1. The van der Waals surface area contributed by atoms with E-state index in [1.807, 2.05) is 23.9 Å². The van der Waals surface area contributed by atoms with Gasteiger partial charge < -0.3 is 9.73 Å². The normalized spacial score (nSPS) is 12.9. The largest absolute Gasteiger partial charge is 0.456 e. The van der Waals surface area contributed by atoms with Gasteiger partial charge in [-0.2, -0.15) is 11.8 Å².